The van der Waals surface area contributed by atoms with Gasteiger partial charge < -0.3 is 15.8 Å². The first-order valence-electron chi connectivity index (χ1n) is 13.9. The van der Waals surface area contributed by atoms with E-state index >= 15 is 0 Å². The number of anilines is 1. The van der Waals surface area contributed by atoms with Gasteiger partial charge in [-0.2, -0.15) is 0 Å². The molecule has 1 aliphatic rings. The Labute approximate surface area is 244 Å². The Hall–Kier alpha value is -4.94. The van der Waals surface area contributed by atoms with Crippen molar-refractivity contribution in [3.63, 3.8) is 0 Å². The summed E-state index contributed by atoms with van der Waals surface area (Å²) >= 11 is 0. The lowest BCUT2D eigenvalue weighted by atomic mass is 10.1. The Balaban J connectivity index is 1.42. The highest BCUT2D eigenvalue weighted by atomic mass is 19.1. The van der Waals surface area contributed by atoms with Crippen molar-refractivity contribution in [1.29, 1.82) is 0 Å². The Bertz CT molecular complexity index is 1800. The lowest BCUT2D eigenvalue weighted by Gasteiger charge is -2.22. The van der Waals surface area contributed by atoms with Crippen LogP contribution in [0.5, 0.6) is 0 Å². The molecule has 5 rings (SSSR count). The van der Waals surface area contributed by atoms with E-state index < -0.39 is 52.1 Å². The normalized spacial score (nSPS) is 14.7. The summed E-state index contributed by atoms with van der Waals surface area (Å²) < 4.78 is 36.5. The highest BCUT2D eigenvalue weighted by Gasteiger charge is 2.28. The number of hydrogen-bond donors (Lipinski definition) is 2. The average molecular weight is 593 g/mol. The minimum absolute atomic E-state index is 0.0501. The molecule has 13 heteroatoms. The number of nitrogens with one attached hydrogen (secondary N) is 1. The number of nitrogens with zero attached hydrogens (tertiary/aromatic N) is 4. The van der Waals surface area contributed by atoms with E-state index in [2.05, 4.69) is 15.3 Å². The number of benzene rings is 1. The first-order chi connectivity index (χ1) is 20.6. The lowest BCUT2D eigenvalue weighted by Crippen LogP contribution is -2.44. The van der Waals surface area contributed by atoms with E-state index in [1.54, 1.807) is 6.07 Å². The maximum Gasteiger partial charge on any atom is 0.337 e. The fourth-order valence-corrected chi connectivity index (χ4v) is 5.17. The number of amides is 1. The van der Waals surface area contributed by atoms with E-state index in [-0.39, 0.29) is 23.7 Å². The van der Waals surface area contributed by atoms with E-state index in [1.807, 2.05) is 0 Å². The van der Waals surface area contributed by atoms with Gasteiger partial charge >= 0.3 is 11.7 Å². The second-order valence-electron chi connectivity index (χ2n) is 10.5. The molecule has 224 valence electrons. The van der Waals surface area contributed by atoms with Gasteiger partial charge in [-0.15, -0.1) is 0 Å². The van der Waals surface area contributed by atoms with Crippen LogP contribution in [0.4, 0.5) is 14.5 Å². The second kappa shape index (κ2) is 12.5. The number of carbonyl (C=O) groups excluding carboxylic acids is 2. The molecule has 11 nitrogen and oxygen atoms in total. The maximum atomic E-state index is 14.5. The number of esters is 1. The van der Waals surface area contributed by atoms with Crippen LogP contribution >= 0.6 is 0 Å². The Morgan fingerprint density at radius 1 is 1.07 bits per heavy atom. The molecule has 1 saturated carbocycles. The van der Waals surface area contributed by atoms with Gasteiger partial charge in [-0.05, 0) is 49.4 Å². The van der Waals surface area contributed by atoms with Gasteiger partial charge in [0.25, 0.3) is 11.5 Å². The van der Waals surface area contributed by atoms with Crippen molar-refractivity contribution in [2.75, 3.05) is 5.73 Å². The van der Waals surface area contributed by atoms with Gasteiger partial charge in [-0.25, -0.2) is 27.9 Å². The number of pyridine rings is 2. The van der Waals surface area contributed by atoms with Gasteiger partial charge in [0.1, 0.15) is 29.6 Å². The van der Waals surface area contributed by atoms with Crippen LogP contribution in [0.3, 0.4) is 0 Å². The molecule has 3 aromatic heterocycles. The summed E-state index contributed by atoms with van der Waals surface area (Å²) in [4.78, 5) is 60.6. The fourth-order valence-electron chi connectivity index (χ4n) is 5.17. The van der Waals surface area contributed by atoms with Gasteiger partial charge in [0.05, 0.1) is 28.4 Å². The van der Waals surface area contributed by atoms with E-state index in [9.17, 15) is 28.0 Å². The third-order valence-corrected chi connectivity index (χ3v) is 7.56. The summed E-state index contributed by atoms with van der Waals surface area (Å²) in [6, 6.07) is 4.59. The van der Waals surface area contributed by atoms with Crippen molar-refractivity contribution in [1.82, 2.24) is 24.4 Å². The summed E-state index contributed by atoms with van der Waals surface area (Å²) in [5.74, 6) is -3.72. The molecule has 0 spiro atoms. The summed E-state index contributed by atoms with van der Waals surface area (Å²) in [6.07, 6.45) is 9.04. The van der Waals surface area contributed by atoms with Crippen LogP contribution in [0.25, 0.3) is 16.7 Å². The minimum atomic E-state index is -1.27. The molecule has 0 bridgehead atoms. The lowest BCUT2D eigenvalue weighted by molar-refractivity contribution is -0.152. The SMILES string of the molecule is Cn1c(=O)n(-c2ccc(C[C@H](NC(=O)c3cc(F)c(N)cc3F)C(=O)OC3CCCCCC3)cn2)c(=O)c2ccncc21. The van der Waals surface area contributed by atoms with Crippen LogP contribution in [-0.4, -0.2) is 43.1 Å². The van der Waals surface area contributed by atoms with Gasteiger partial charge in [-0.3, -0.25) is 19.1 Å². The number of ether oxygens (including phenoxy) is 1. The highest BCUT2D eigenvalue weighted by Crippen LogP contribution is 2.21. The van der Waals surface area contributed by atoms with Crippen LogP contribution in [0.15, 0.2) is 58.5 Å². The number of rotatable bonds is 7. The fraction of sp³-hybridized carbons (Fsp3) is 0.333. The van der Waals surface area contributed by atoms with Gasteiger partial charge in [0.15, 0.2) is 0 Å². The maximum absolute atomic E-state index is 14.5. The molecule has 4 aromatic rings. The Morgan fingerprint density at radius 2 is 1.81 bits per heavy atom. The molecule has 1 aromatic carbocycles. The number of fused-ring (bicyclic) bond motifs is 1. The van der Waals surface area contributed by atoms with Gasteiger partial charge in [0.2, 0.25) is 0 Å². The van der Waals surface area contributed by atoms with Crippen LogP contribution < -0.4 is 22.3 Å². The van der Waals surface area contributed by atoms with Gasteiger partial charge in [0, 0.05) is 31.9 Å². The zero-order chi connectivity index (χ0) is 30.7. The monoisotopic (exact) mass is 592 g/mol. The zero-order valence-electron chi connectivity index (χ0n) is 23.4. The Morgan fingerprint density at radius 3 is 2.51 bits per heavy atom. The zero-order valence-corrected chi connectivity index (χ0v) is 23.4. The molecule has 0 radical (unpaired) electrons. The summed E-state index contributed by atoms with van der Waals surface area (Å²) in [6.45, 7) is 0. The topological polar surface area (TPSA) is 151 Å². The van der Waals surface area contributed by atoms with Crippen LogP contribution in [-0.2, 0) is 23.0 Å². The summed E-state index contributed by atoms with van der Waals surface area (Å²) in [5.41, 5.74) is 3.94. The Kier molecular flexibility index (Phi) is 8.60. The van der Waals surface area contributed by atoms with E-state index in [1.165, 1.54) is 42.3 Å². The van der Waals surface area contributed by atoms with E-state index in [0.717, 1.165) is 30.3 Å². The molecule has 3 N–H and O–H groups in total. The third kappa shape index (κ3) is 6.30. The van der Waals surface area contributed by atoms with E-state index in [0.29, 0.717) is 36.1 Å². The summed E-state index contributed by atoms with van der Waals surface area (Å²) in [5, 5.41) is 2.74. The third-order valence-electron chi connectivity index (χ3n) is 7.56. The standard InChI is InChI=1S/C30H30F2N6O5/c1-37-25-16-34-11-10-19(25)28(40)38(30(37)42)26-9-8-17(15-35-26)12-24(29(41)43-18-6-4-2-3-5-7-18)36-27(39)20-13-22(32)23(33)14-21(20)31/h8-11,13-16,18,24H,2-7,12,33H2,1H3,(H,36,39)/t24-/m0/s1. The summed E-state index contributed by atoms with van der Waals surface area (Å²) in [7, 11) is 1.51. The van der Waals surface area contributed by atoms with Crippen LogP contribution in [0, 0.1) is 11.6 Å². The number of nitrogen functional groups attached to an aromatic ring is 1. The predicted octanol–water partition coefficient (Wildman–Crippen LogP) is 2.95. The van der Waals surface area contributed by atoms with Gasteiger partial charge in [-0.1, -0.05) is 18.9 Å². The molecule has 0 saturated heterocycles. The molecule has 1 fully saturated rings. The van der Waals surface area contributed by atoms with Crippen LogP contribution in [0.1, 0.15) is 54.4 Å². The molecule has 0 aliphatic heterocycles. The molecule has 1 aliphatic carbocycles. The minimum Gasteiger partial charge on any atom is -0.461 e. The van der Waals surface area contributed by atoms with Crippen molar-refractivity contribution in [3.05, 3.63) is 92.5 Å². The molecular formula is C30H30F2N6O5. The quantitative estimate of drug-likeness (QED) is 0.189. The number of halogens is 2. The smallest absolute Gasteiger partial charge is 0.337 e. The number of hydrogen-bond acceptors (Lipinski definition) is 8. The molecule has 3 heterocycles. The van der Waals surface area contributed by atoms with Crippen molar-refractivity contribution in [3.8, 4) is 5.82 Å². The molecule has 0 unspecified atom stereocenters. The van der Waals surface area contributed by atoms with E-state index in [4.69, 9.17) is 10.5 Å². The average Bonchev–Trinajstić information content (AvgIpc) is 3.27. The molecule has 1 amide bonds. The van der Waals surface area contributed by atoms with Crippen molar-refractivity contribution < 1.29 is 23.1 Å². The first kappa shape index (κ1) is 29.5. The number of aryl methyl sites for hydroxylation is 1. The molecular weight excluding hydrogens is 562 g/mol. The predicted molar refractivity (Wildman–Crippen MR) is 154 cm³/mol. The molecule has 1 atom stereocenters. The molecule has 43 heavy (non-hydrogen) atoms. The number of carbonyl (C=O) groups is 2. The number of nitrogens with two attached hydrogens (primary N) is 1. The van der Waals surface area contributed by atoms with Crippen molar-refractivity contribution in [2.24, 2.45) is 7.05 Å². The van der Waals surface area contributed by atoms with Crippen molar-refractivity contribution in [2.45, 2.75) is 57.1 Å². The second-order valence-corrected chi connectivity index (χ2v) is 10.5. The number of aromatic nitrogens is 4. The highest BCUT2D eigenvalue weighted by molar-refractivity contribution is 5.97. The largest absolute Gasteiger partial charge is 0.461 e. The van der Waals surface area contributed by atoms with Crippen molar-refractivity contribution >= 4 is 28.5 Å². The first-order valence-corrected chi connectivity index (χ1v) is 13.9. The van der Waals surface area contributed by atoms with Crippen LogP contribution in [0.2, 0.25) is 0 Å².